The molecule has 0 spiro atoms. The summed E-state index contributed by atoms with van der Waals surface area (Å²) in [4.78, 5) is 27.7. The van der Waals surface area contributed by atoms with Crippen LogP contribution in [0.15, 0.2) is 60.9 Å². The van der Waals surface area contributed by atoms with Crippen LogP contribution >= 0.6 is 0 Å². The number of para-hydroxylation sites is 1. The third-order valence-corrected chi connectivity index (χ3v) is 4.47. The highest BCUT2D eigenvalue weighted by atomic mass is 16.5. The molecular weight excluding hydrogens is 344 g/mol. The van der Waals surface area contributed by atoms with Gasteiger partial charge in [0.2, 0.25) is 5.91 Å². The van der Waals surface area contributed by atoms with Crippen molar-refractivity contribution in [3.63, 3.8) is 0 Å². The fourth-order valence-electron chi connectivity index (χ4n) is 3.22. The van der Waals surface area contributed by atoms with Gasteiger partial charge in [0, 0.05) is 18.0 Å². The van der Waals surface area contributed by atoms with Gasteiger partial charge in [0.1, 0.15) is 17.9 Å². The van der Waals surface area contributed by atoms with E-state index in [0.717, 1.165) is 16.9 Å². The van der Waals surface area contributed by atoms with Crippen molar-refractivity contribution in [3.05, 3.63) is 72.2 Å². The Morgan fingerprint density at radius 2 is 1.93 bits per heavy atom. The Morgan fingerprint density at radius 3 is 2.63 bits per heavy atom. The van der Waals surface area contributed by atoms with Crippen LogP contribution in [-0.4, -0.2) is 28.0 Å². The molecule has 0 radical (unpaired) electrons. The van der Waals surface area contributed by atoms with Crippen LogP contribution in [0.1, 0.15) is 23.6 Å². The highest BCUT2D eigenvalue weighted by molar-refractivity contribution is 5.94. The Morgan fingerprint density at radius 1 is 1.19 bits per heavy atom. The highest BCUT2D eigenvalue weighted by Crippen LogP contribution is 2.37. The third-order valence-electron chi connectivity index (χ3n) is 4.47. The summed E-state index contributed by atoms with van der Waals surface area (Å²) in [6.45, 7) is -0.170. The molecule has 1 aliphatic rings. The van der Waals surface area contributed by atoms with Crippen molar-refractivity contribution in [2.75, 3.05) is 11.9 Å². The summed E-state index contributed by atoms with van der Waals surface area (Å²) in [7, 11) is 0. The minimum atomic E-state index is -0.529. The van der Waals surface area contributed by atoms with Crippen LogP contribution in [0, 0.1) is 0 Å². The molecule has 0 saturated carbocycles. The SMILES string of the molecule is NC(=O)COc1ccc(C2CC(=O)Nc3c2ncn3-c2ccccc2)cc1. The normalized spacial score (nSPS) is 15.7. The monoisotopic (exact) mass is 362 g/mol. The number of carbonyl (C=O) groups excluding carboxylic acids is 2. The summed E-state index contributed by atoms with van der Waals surface area (Å²) < 4.78 is 7.17. The smallest absolute Gasteiger partial charge is 0.255 e. The third kappa shape index (κ3) is 3.39. The predicted octanol–water partition coefficient (Wildman–Crippen LogP) is 2.21. The zero-order valence-electron chi connectivity index (χ0n) is 14.5. The maximum atomic E-state index is 12.3. The van der Waals surface area contributed by atoms with E-state index >= 15 is 0 Å². The summed E-state index contributed by atoms with van der Waals surface area (Å²) in [6, 6.07) is 17.0. The van der Waals surface area contributed by atoms with Gasteiger partial charge in [0.25, 0.3) is 5.91 Å². The number of fused-ring (bicyclic) bond motifs is 1. The first kappa shape index (κ1) is 16.8. The van der Waals surface area contributed by atoms with E-state index in [4.69, 9.17) is 10.5 Å². The molecule has 136 valence electrons. The summed E-state index contributed by atoms with van der Waals surface area (Å²) in [5, 5.41) is 2.94. The van der Waals surface area contributed by atoms with Gasteiger partial charge in [-0.3, -0.25) is 14.2 Å². The number of nitrogens with two attached hydrogens (primary N) is 1. The second-order valence-electron chi connectivity index (χ2n) is 6.31. The Labute approximate surface area is 155 Å². The van der Waals surface area contributed by atoms with Crippen LogP contribution in [0.2, 0.25) is 0 Å². The lowest BCUT2D eigenvalue weighted by atomic mass is 9.90. The molecule has 7 heteroatoms. The number of hydrogen-bond acceptors (Lipinski definition) is 4. The van der Waals surface area contributed by atoms with Gasteiger partial charge < -0.3 is 15.8 Å². The number of nitrogens with zero attached hydrogens (tertiary/aromatic N) is 2. The molecule has 7 nitrogen and oxygen atoms in total. The van der Waals surface area contributed by atoms with Gasteiger partial charge in [0.15, 0.2) is 6.61 Å². The number of hydrogen-bond donors (Lipinski definition) is 2. The maximum absolute atomic E-state index is 12.3. The van der Waals surface area contributed by atoms with Crippen molar-refractivity contribution >= 4 is 17.6 Å². The van der Waals surface area contributed by atoms with Crippen LogP contribution < -0.4 is 15.8 Å². The minimum Gasteiger partial charge on any atom is -0.484 e. The maximum Gasteiger partial charge on any atom is 0.255 e. The summed E-state index contributed by atoms with van der Waals surface area (Å²) >= 11 is 0. The van der Waals surface area contributed by atoms with Crippen molar-refractivity contribution in [3.8, 4) is 11.4 Å². The zero-order valence-corrected chi connectivity index (χ0v) is 14.5. The molecule has 3 N–H and O–H groups in total. The molecule has 27 heavy (non-hydrogen) atoms. The van der Waals surface area contributed by atoms with E-state index in [1.165, 1.54) is 0 Å². The number of primary amides is 1. The number of benzene rings is 2. The number of imidazole rings is 1. The molecule has 3 aromatic rings. The van der Waals surface area contributed by atoms with Crippen LogP contribution in [0.4, 0.5) is 5.82 Å². The van der Waals surface area contributed by atoms with Crippen molar-refractivity contribution in [1.82, 2.24) is 9.55 Å². The fourth-order valence-corrected chi connectivity index (χ4v) is 3.22. The minimum absolute atomic E-state index is 0.0563. The Hall–Kier alpha value is -3.61. The standard InChI is InChI=1S/C20H18N4O3/c21-17(25)11-27-15-8-6-13(7-9-15)16-10-18(26)23-20-19(16)22-12-24(20)14-4-2-1-3-5-14/h1-9,12,16H,10-11H2,(H2,21,25)(H,23,26). The van der Waals surface area contributed by atoms with Gasteiger partial charge in [-0.2, -0.15) is 0 Å². The van der Waals surface area contributed by atoms with E-state index in [1.54, 1.807) is 18.5 Å². The van der Waals surface area contributed by atoms with Crippen molar-refractivity contribution < 1.29 is 14.3 Å². The van der Waals surface area contributed by atoms with Gasteiger partial charge >= 0.3 is 0 Å². The average Bonchev–Trinajstić information content (AvgIpc) is 3.10. The molecule has 0 aliphatic carbocycles. The first-order valence-electron chi connectivity index (χ1n) is 8.55. The van der Waals surface area contributed by atoms with E-state index in [1.807, 2.05) is 47.0 Å². The number of nitrogens with one attached hydrogen (secondary N) is 1. The van der Waals surface area contributed by atoms with Gasteiger partial charge in [-0.05, 0) is 29.8 Å². The molecule has 1 aliphatic heterocycles. The van der Waals surface area contributed by atoms with Crippen LogP contribution in [0.3, 0.4) is 0 Å². The molecule has 1 aromatic heterocycles. The fraction of sp³-hybridized carbons (Fsp3) is 0.150. The number of aromatic nitrogens is 2. The molecular formula is C20H18N4O3. The molecule has 0 saturated heterocycles. The lowest BCUT2D eigenvalue weighted by Crippen LogP contribution is -2.25. The lowest BCUT2D eigenvalue weighted by Gasteiger charge is -2.23. The summed E-state index contributed by atoms with van der Waals surface area (Å²) in [5.74, 6) is 0.506. The number of amides is 2. The topological polar surface area (TPSA) is 99.2 Å². The van der Waals surface area contributed by atoms with E-state index in [9.17, 15) is 9.59 Å². The molecule has 4 rings (SSSR count). The molecule has 2 heterocycles. The number of carbonyl (C=O) groups is 2. The molecule has 2 amide bonds. The highest BCUT2D eigenvalue weighted by Gasteiger charge is 2.30. The van der Waals surface area contributed by atoms with Crippen molar-refractivity contribution in [1.29, 1.82) is 0 Å². The van der Waals surface area contributed by atoms with E-state index in [2.05, 4.69) is 10.3 Å². The van der Waals surface area contributed by atoms with Crippen molar-refractivity contribution in [2.45, 2.75) is 12.3 Å². The first-order valence-corrected chi connectivity index (χ1v) is 8.55. The van der Waals surface area contributed by atoms with Crippen LogP contribution in [0.25, 0.3) is 5.69 Å². The number of rotatable bonds is 5. The van der Waals surface area contributed by atoms with E-state index in [0.29, 0.717) is 18.0 Å². The van der Waals surface area contributed by atoms with Gasteiger partial charge in [-0.25, -0.2) is 4.98 Å². The zero-order chi connectivity index (χ0) is 18.8. The van der Waals surface area contributed by atoms with Gasteiger partial charge in [-0.15, -0.1) is 0 Å². The van der Waals surface area contributed by atoms with Crippen LogP contribution in [0.5, 0.6) is 5.75 Å². The molecule has 0 bridgehead atoms. The number of anilines is 1. The molecule has 0 fully saturated rings. The Bertz CT molecular complexity index is 980. The first-order chi connectivity index (χ1) is 13.1. The quantitative estimate of drug-likeness (QED) is 0.727. The van der Waals surface area contributed by atoms with E-state index in [-0.39, 0.29) is 18.4 Å². The Balaban J connectivity index is 1.65. The van der Waals surface area contributed by atoms with Gasteiger partial charge in [-0.1, -0.05) is 30.3 Å². The van der Waals surface area contributed by atoms with Crippen molar-refractivity contribution in [2.24, 2.45) is 5.73 Å². The lowest BCUT2D eigenvalue weighted by molar-refractivity contribution is -0.120. The largest absolute Gasteiger partial charge is 0.484 e. The molecule has 1 atom stereocenters. The van der Waals surface area contributed by atoms with E-state index < -0.39 is 5.91 Å². The predicted molar refractivity (Wildman–Crippen MR) is 99.8 cm³/mol. The summed E-state index contributed by atoms with van der Waals surface area (Å²) in [6.07, 6.45) is 2.04. The summed E-state index contributed by atoms with van der Waals surface area (Å²) in [5.41, 5.74) is 7.80. The molecule has 2 aromatic carbocycles. The average molecular weight is 362 g/mol. The second-order valence-corrected chi connectivity index (χ2v) is 6.31. The van der Waals surface area contributed by atoms with Gasteiger partial charge in [0.05, 0.1) is 5.69 Å². The Kier molecular flexibility index (Phi) is 4.33. The van der Waals surface area contributed by atoms with Crippen LogP contribution in [-0.2, 0) is 9.59 Å². The second kappa shape index (κ2) is 6.95. The molecule has 1 unspecified atom stereocenters. The number of ether oxygens (including phenoxy) is 1.